The Labute approximate surface area is 126 Å². The molecule has 1 amide bonds. The van der Waals surface area contributed by atoms with E-state index in [1.807, 2.05) is 6.92 Å². The number of benzene rings is 1. The molecule has 0 spiro atoms. The first-order valence-electron chi connectivity index (χ1n) is 6.72. The van der Waals surface area contributed by atoms with Crippen LogP contribution in [0.1, 0.15) is 25.3 Å². The molecule has 0 heterocycles. The fraction of sp³-hybridized carbons (Fsp3) is 0.500. The molecule has 0 atom stereocenters. The molecule has 3 nitrogen and oxygen atoms in total. The normalized spacial score (nSPS) is 14.9. The maximum atomic E-state index is 12.7. The van der Waals surface area contributed by atoms with Crippen molar-refractivity contribution in [1.82, 2.24) is 4.90 Å². The van der Waals surface area contributed by atoms with E-state index in [4.69, 9.17) is 11.6 Å². The van der Waals surface area contributed by atoms with Crippen LogP contribution in [0.15, 0.2) is 18.2 Å². The summed E-state index contributed by atoms with van der Waals surface area (Å²) in [5.74, 6) is -0.117. The second kappa shape index (κ2) is 6.13. The van der Waals surface area contributed by atoms with Gasteiger partial charge in [-0.1, -0.05) is 11.6 Å². The minimum atomic E-state index is -4.46. The molecule has 1 fully saturated rings. The number of hydrogen-bond acceptors (Lipinski definition) is 2. The van der Waals surface area contributed by atoms with Gasteiger partial charge in [0.25, 0.3) is 0 Å². The van der Waals surface area contributed by atoms with Crippen molar-refractivity contribution < 1.29 is 18.0 Å². The van der Waals surface area contributed by atoms with Crippen LogP contribution in [-0.2, 0) is 11.0 Å². The number of amides is 1. The fourth-order valence-corrected chi connectivity index (χ4v) is 2.39. The van der Waals surface area contributed by atoms with Crippen LogP contribution >= 0.6 is 11.6 Å². The Morgan fingerprint density at radius 3 is 2.57 bits per heavy atom. The van der Waals surface area contributed by atoms with Gasteiger partial charge in [0.1, 0.15) is 0 Å². The van der Waals surface area contributed by atoms with Gasteiger partial charge >= 0.3 is 6.18 Å². The molecule has 1 N–H and O–H groups in total. The average molecular weight is 321 g/mol. The summed E-state index contributed by atoms with van der Waals surface area (Å²) in [7, 11) is 0. The SMILES string of the molecule is CCN(C(=O)CNc1cc(Cl)cc(C(F)(F)F)c1)C1CC1. The molecule has 2 rings (SSSR count). The summed E-state index contributed by atoms with van der Waals surface area (Å²) in [4.78, 5) is 13.7. The third-order valence-corrected chi connectivity index (χ3v) is 3.54. The molecule has 1 aliphatic rings. The second-order valence-corrected chi connectivity index (χ2v) is 5.43. The molecule has 0 unspecified atom stereocenters. The molecule has 0 saturated heterocycles. The van der Waals surface area contributed by atoms with E-state index in [9.17, 15) is 18.0 Å². The molecule has 0 aliphatic heterocycles. The molecular weight excluding hydrogens is 305 g/mol. The zero-order valence-corrected chi connectivity index (χ0v) is 12.3. The maximum absolute atomic E-state index is 12.7. The van der Waals surface area contributed by atoms with Gasteiger partial charge in [-0.05, 0) is 38.0 Å². The standard InChI is InChI=1S/C14H16ClF3N2O/c1-2-20(12-3-4-12)13(21)8-19-11-6-9(14(16,17)18)5-10(15)7-11/h5-7,12,19H,2-4,8H2,1H3. The number of anilines is 1. The highest BCUT2D eigenvalue weighted by molar-refractivity contribution is 6.30. The Hall–Kier alpha value is -1.43. The predicted octanol–water partition coefficient (Wildman–Crippen LogP) is 3.78. The van der Waals surface area contributed by atoms with Crippen LogP contribution in [0.3, 0.4) is 0 Å². The third-order valence-electron chi connectivity index (χ3n) is 3.32. The lowest BCUT2D eigenvalue weighted by atomic mass is 10.2. The van der Waals surface area contributed by atoms with Gasteiger partial charge in [0, 0.05) is 23.3 Å². The first kappa shape index (κ1) is 15.9. The van der Waals surface area contributed by atoms with Gasteiger partial charge in [0.05, 0.1) is 12.1 Å². The number of carbonyl (C=O) groups is 1. The molecule has 21 heavy (non-hydrogen) atoms. The molecule has 1 aromatic carbocycles. The lowest BCUT2D eigenvalue weighted by Gasteiger charge is -2.21. The Morgan fingerprint density at radius 2 is 2.05 bits per heavy atom. The zero-order chi connectivity index (χ0) is 15.6. The van der Waals surface area contributed by atoms with E-state index in [1.165, 1.54) is 6.07 Å². The Kier molecular flexibility index (Phi) is 4.66. The van der Waals surface area contributed by atoms with Crippen LogP contribution in [-0.4, -0.2) is 29.9 Å². The monoisotopic (exact) mass is 320 g/mol. The predicted molar refractivity (Wildman–Crippen MR) is 75.4 cm³/mol. The Morgan fingerprint density at radius 1 is 1.38 bits per heavy atom. The summed E-state index contributed by atoms with van der Waals surface area (Å²) in [6.07, 6.45) is -2.47. The molecule has 1 saturated carbocycles. The summed E-state index contributed by atoms with van der Waals surface area (Å²) in [5, 5.41) is 2.70. The number of nitrogens with zero attached hydrogens (tertiary/aromatic N) is 1. The smallest absolute Gasteiger partial charge is 0.376 e. The highest BCUT2D eigenvalue weighted by Crippen LogP contribution is 2.33. The second-order valence-electron chi connectivity index (χ2n) is 4.99. The zero-order valence-electron chi connectivity index (χ0n) is 11.5. The largest absolute Gasteiger partial charge is 0.416 e. The van der Waals surface area contributed by atoms with Gasteiger partial charge in [-0.3, -0.25) is 4.79 Å². The van der Waals surface area contributed by atoms with Crippen molar-refractivity contribution in [3.8, 4) is 0 Å². The minimum absolute atomic E-state index is 0.0192. The molecule has 0 aromatic heterocycles. The van der Waals surface area contributed by atoms with Crippen LogP contribution in [0.2, 0.25) is 5.02 Å². The summed E-state index contributed by atoms with van der Waals surface area (Å²) in [6, 6.07) is 3.47. The Balaban J connectivity index is 2.02. The van der Waals surface area contributed by atoms with Gasteiger partial charge in [-0.2, -0.15) is 13.2 Å². The topological polar surface area (TPSA) is 32.3 Å². The van der Waals surface area contributed by atoms with E-state index in [0.29, 0.717) is 6.54 Å². The van der Waals surface area contributed by atoms with Crippen molar-refractivity contribution in [2.75, 3.05) is 18.4 Å². The summed E-state index contributed by atoms with van der Waals surface area (Å²) in [5.41, 5.74) is -0.644. The van der Waals surface area contributed by atoms with Crippen LogP contribution in [0.4, 0.5) is 18.9 Å². The highest BCUT2D eigenvalue weighted by Gasteiger charge is 2.32. The lowest BCUT2D eigenvalue weighted by Crippen LogP contribution is -2.37. The van der Waals surface area contributed by atoms with Gasteiger partial charge in [0.2, 0.25) is 5.91 Å². The number of carbonyl (C=O) groups excluding carboxylic acids is 1. The van der Waals surface area contributed by atoms with Gasteiger partial charge in [-0.15, -0.1) is 0 Å². The van der Waals surface area contributed by atoms with Crippen molar-refractivity contribution in [2.24, 2.45) is 0 Å². The summed E-state index contributed by atoms with van der Waals surface area (Å²) in [6.45, 7) is 2.45. The molecule has 0 bridgehead atoms. The molecule has 1 aromatic rings. The highest BCUT2D eigenvalue weighted by atomic mass is 35.5. The quantitative estimate of drug-likeness (QED) is 0.895. The molecule has 0 radical (unpaired) electrons. The number of halogens is 4. The van der Waals surface area contributed by atoms with E-state index in [2.05, 4.69) is 5.32 Å². The van der Waals surface area contributed by atoms with E-state index in [-0.39, 0.29) is 29.2 Å². The lowest BCUT2D eigenvalue weighted by molar-refractivity contribution is -0.137. The van der Waals surface area contributed by atoms with E-state index >= 15 is 0 Å². The van der Waals surface area contributed by atoms with Gasteiger partial charge < -0.3 is 10.2 Å². The third kappa shape index (κ3) is 4.27. The molecular formula is C14H16ClF3N2O. The first-order chi connectivity index (χ1) is 9.81. The average Bonchev–Trinajstić information content (AvgIpc) is 3.20. The minimum Gasteiger partial charge on any atom is -0.376 e. The fourth-order valence-electron chi connectivity index (χ4n) is 2.16. The van der Waals surface area contributed by atoms with Crippen molar-refractivity contribution in [2.45, 2.75) is 32.0 Å². The van der Waals surface area contributed by atoms with Crippen molar-refractivity contribution in [3.63, 3.8) is 0 Å². The number of nitrogens with one attached hydrogen (secondary N) is 1. The Bertz CT molecular complexity index is 529. The maximum Gasteiger partial charge on any atom is 0.416 e. The van der Waals surface area contributed by atoms with Crippen LogP contribution < -0.4 is 5.32 Å². The van der Waals surface area contributed by atoms with E-state index in [0.717, 1.165) is 25.0 Å². The van der Waals surface area contributed by atoms with Crippen LogP contribution in [0.25, 0.3) is 0 Å². The van der Waals surface area contributed by atoms with Crippen molar-refractivity contribution in [1.29, 1.82) is 0 Å². The number of likely N-dealkylation sites (N-methyl/N-ethyl adjacent to an activating group) is 1. The first-order valence-corrected chi connectivity index (χ1v) is 7.10. The summed E-state index contributed by atoms with van der Waals surface area (Å²) >= 11 is 5.69. The molecule has 1 aliphatic carbocycles. The summed E-state index contributed by atoms with van der Waals surface area (Å²) < 4.78 is 38.0. The van der Waals surface area contributed by atoms with Crippen molar-refractivity contribution in [3.05, 3.63) is 28.8 Å². The van der Waals surface area contributed by atoms with Crippen molar-refractivity contribution >= 4 is 23.2 Å². The molecule has 7 heteroatoms. The van der Waals surface area contributed by atoms with Crippen LogP contribution in [0, 0.1) is 0 Å². The number of alkyl halides is 3. The van der Waals surface area contributed by atoms with E-state index < -0.39 is 11.7 Å². The number of rotatable bonds is 5. The van der Waals surface area contributed by atoms with Gasteiger partial charge in [-0.25, -0.2) is 0 Å². The van der Waals surface area contributed by atoms with Gasteiger partial charge in [0.15, 0.2) is 0 Å². The van der Waals surface area contributed by atoms with Crippen LogP contribution in [0.5, 0.6) is 0 Å². The number of hydrogen-bond donors (Lipinski definition) is 1. The van der Waals surface area contributed by atoms with E-state index in [1.54, 1.807) is 4.90 Å². The molecule has 116 valence electrons.